The van der Waals surface area contributed by atoms with Gasteiger partial charge in [0.15, 0.2) is 0 Å². The Balaban J connectivity index is 1.45. The first kappa shape index (κ1) is 18.4. The van der Waals surface area contributed by atoms with Gasteiger partial charge in [-0.3, -0.25) is 0 Å². The quantitative estimate of drug-likeness (QED) is 0.785. The van der Waals surface area contributed by atoms with Gasteiger partial charge in [-0.1, -0.05) is 31.9 Å². The minimum Gasteiger partial charge on any atom is -0.497 e. The van der Waals surface area contributed by atoms with Crippen LogP contribution < -0.4 is 10.1 Å². The molecule has 0 bridgehead atoms. The van der Waals surface area contributed by atoms with Gasteiger partial charge in [0.05, 0.1) is 7.11 Å². The van der Waals surface area contributed by atoms with E-state index in [2.05, 4.69) is 46.5 Å². The number of hydrogen-bond donors (Lipinski definition) is 1. The summed E-state index contributed by atoms with van der Waals surface area (Å²) in [5, 5.41) is 3.85. The molecule has 27 heavy (non-hydrogen) atoms. The largest absolute Gasteiger partial charge is 0.497 e. The van der Waals surface area contributed by atoms with Crippen LogP contribution in [-0.4, -0.2) is 23.1 Å². The average molecular weight is 366 g/mol. The highest BCUT2D eigenvalue weighted by Crippen LogP contribution is 2.54. The molecular formula is C23H31N3O. The number of nitrogens with one attached hydrogen (secondary N) is 1. The summed E-state index contributed by atoms with van der Waals surface area (Å²) in [4.78, 5) is 9.01. The SMILES string of the molecule is CCCc1ncc(CN[C@H]2[C@H]3CCCC[C@H]3[C@@H]2c2ccc(OC)cc2)cn1. The van der Waals surface area contributed by atoms with Gasteiger partial charge in [0.2, 0.25) is 0 Å². The maximum absolute atomic E-state index is 5.34. The molecule has 4 atom stereocenters. The Morgan fingerprint density at radius 1 is 1.04 bits per heavy atom. The molecule has 1 aromatic carbocycles. The van der Waals surface area contributed by atoms with Gasteiger partial charge in [-0.25, -0.2) is 9.97 Å². The summed E-state index contributed by atoms with van der Waals surface area (Å²) < 4.78 is 5.34. The van der Waals surface area contributed by atoms with Gasteiger partial charge in [0.1, 0.15) is 11.6 Å². The number of benzene rings is 1. The summed E-state index contributed by atoms with van der Waals surface area (Å²) in [5.74, 6) is 4.14. The van der Waals surface area contributed by atoms with Crippen LogP contribution in [0.1, 0.15) is 61.9 Å². The van der Waals surface area contributed by atoms with Crippen molar-refractivity contribution in [2.45, 2.75) is 64.0 Å². The first-order valence-corrected chi connectivity index (χ1v) is 10.5. The molecule has 2 aliphatic rings. The fourth-order valence-corrected chi connectivity index (χ4v) is 5.09. The lowest BCUT2D eigenvalue weighted by atomic mass is 9.53. The molecule has 0 unspecified atom stereocenters. The van der Waals surface area contributed by atoms with Crippen molar-refractivity contribution in [1.29, 1.82) is 0 Å². The topological polar surface area (TPSA) is 47.0 Å². The first-order valence-electron chi connectivity index (χ1n) is 10.5. The van der Waals surface area contributed by atoms with Gasteiger partial charge in [-0.2, -0.15) is 0 Å². The van der Waals surface area contributed by atoms with Crippen LogP contribution in [0.4, 0.5) is 0 Å². The fourth-order valence-electron chi connectivity index (χ4n) is 5.09. The van der Waals surface area contributed by atoms with Gasteiger partial charge < -0.3 is 10.1 Å². The molecule has 1 N–H and O–H groups in total. The highest BCUT2D eigenvalue weighted by molar-refractivity contribution is 5.33. The highest BCUT2D eigenvalue weighted by Gasteiger charge is 2.50. The van der Waals surface area contributed by atoms with E-state index >= 15 is 0 Å². The third-order valence-electron chi connectivity index (χ3n) is 6.46. The predicted molar refractivity (Wildman–Crippen MR) is 108 cm³/mol. The van der Waals surface area contributed by atoms with Crippen molar-refractivity contribution >= 4 is 0 Å². The summed E-state index contributed by atoms with van der Waals surface area (Å²) in [7, 11) is 1.73. The molecule has 0 spiro atoms. The van der Waals surface area contributed by atoms with Gasteiger partial charge in [-0.15, -0.1) is 0 Å². The number of hydrogen-bond acceptors (Lipinski definition) is 4. The van der Waals surface area contributed by atoms with Crippen LogP contribution >= 0.6 is 0 Å². The molecule has 4 nitrogen and oxygen atoms in total. The molecule has 2 aromatic rings. The van der Waals surface area contributed by atoms with Gasteiger partial charge in [0, 0.05) is 42.9 Å². The van der Waals surface area contributed by atoms with Gasteiger partial charge in [0.25, 0.3) is 0 Å². The molecule has 0 saturated heterocycles. The van der Waals surface area contributed by atoms with Gasteiger partial charge in [-0.05, 0) is 48.8 Å². The number of aryl methyl sites for hydroxylation is 1. The lowest BCUT2D eigenvalue weighted by molar-refractivity contribution is 0.0253. The number of rotatable bonds is 7. The maximum atomic E-state index is 5.34. The molecule has 2 fully saturated rings. The van der Waals surface area contributed by atoms with Gasteiger partial charge >= 0.3 is 0 Å². The van der Waals surface area contributed by atoms with Crippen molar-refractivity contribution in [2.24, 2.45) is 11.8 Å². The number of methoxy groups -OCH3 is 1. The van der Waals surface area contributed by atoms with E-state index in [9.17, 15) is 0 Å². The van der Waals surface area contributed by atoms with E-state index in [1.54, 1.807) is 7.11 Å². The van der Waals surface area contributed by atoms with Crippen LogP contribution in [0.25, 0.3) is 0 Å². The maximum Gasteiger partial charge on any atom is 0.128 e. The predicted octanol–water partition coefficient (Wildman–Crippen LogP) is 4.50. The Morgan fingerprint density at radius 2 is 1.74 bits per heavy atom. The standard InChI is InChI=1S/C23H31N3O/c1-3-6-21-24-13-16(14-25-21)15-26-23-20-8-5-4-7-19(20)22(23)17-9-11-18(27-2)12-10-17/h9-14,19-20,22-23,26H,3-8,15H2,1-2H3/t19-,20+,22+,23+/m1/s1. The molecule has 2 saturated carbocycles. The molecule has 0 aliphatic heterocycles. The Labute approximate surface area is 162 Å². The minimum atomic E-state index is 0.555. The Hall–Kier alpha value is -1.94. The molecule has 0 radical (unpaired) electrons. The summed E-state index contributed by atoms with van der Waals surface area (Å²) in [5.41, 5.74) is 2.63. The summed E-state index contributed by atoms with van der Waals surface area (Å²) in [6.45, 7) is 3.02. The van der Waals surface area contributed by atoms with Crippen molar-refractivity contribution in [1.82, 2.24) is 15.3 Å². The zero-order valence-corrected chi connectivity index (χ0v) is 16.5. The van der Waals surface area contributed by atoms with Crippen LogP contribution in [0.5, 0.6) is 5.75 Å². The first-order chi connectivity index (χ1) is 13.3. The number of fused-ring (bicyclic) bond motifs is 1. The average Bonchev–Trinajstić information content (AvgIpc) is 2.71. The van der Waals surface area contributed by atoms with E-state index in [1.165, 1.54) is 36.8 Å². The number of ether oxygens (including phenoxy) is 1. The Morgan fingerprint density at radius 3 is 2.41 bits per heavy atom. The zero-order chi connectivity index (χ0) is 18.6. The second-order valence-corrected chi connectivity index (χ2v) is 8.08. The third-order valence-corrected chi connectivity index (χ3v) is 6.46. The normalized spacial score (nSPS) is 26.9. The number of nitrogens with zero attached hydrogens (tertiary/aromatic N) is 2. The van der Waals surface area contributed by atoms with E-state index in [0.29, 0.717) is 12.0 Å². The lowest BCUT2D eigenvalue weighted by Gasteiger charge is -2.55. The van der Waals surface area contributed by atoms with E-state index in [0.717, 1.165) is 42.8 Å². The summed E-state index contributed by atoms with van der Waals surface area (Å²) in [6, 6.07) is 9.27. The molecule has 1 heterocycles. The molecule has 0 amide bonds. The van der Waals surface area contributed by atoms with E-state index in [-0.39, 0.29) is 0 Å². The van der Waals surface area contributed by atoms with Crippen LogP contribution in [0.15, 0.2) is 36.7 Å². The van der Waals surface area contributed by atoms with E-state index in [1.807, 2.05) is 12.4 Å². The lowest BCUT2D eigenvalue weighted by Crippen LogP contribution is -2.57. The van der Waals surface area contributed by atoms with Crippen molar-refractivity contribution in [3.05, 3.63) is 53.6 Å². The summed E-state index contributed by atoms with van der Waals surface area (Å²) in [6.07, 6.45) is 11.5. The molecule has 2 aliphatic carbocycles. The third kappa shape index (κ3) is 3.86. The zero-order valence-electron chi connectivity index (χ0n) is 16.5. The van der Waals surface area contributed by atoms with Crippen LogP contribution in [0.2, 0.25) is 0 Å². The van der Waals surface area contributed by atoms with Crippen LogP contribution in [0.3, 0.4) is 0 Å². The van der Waals surface area contributed by atoms with Crippen molar-refractivity contribution in [2.75, 3.05) is 7.11 Å². The molecular weight excluding hydrogens is 334 g/mol. The second-order valence-electron chi connectivity index (χ2n) is 8.08. The second kappa shape index (κ2) is 8.39. The Kier molecular flexibility index (Phi) is 5.72. The van der Waals surface area contributed by atoms with Crippen molar-refractivity contribution in [3.8, 4) is 5.75 Å². The minimum absolute atomic E-state index is 0.555. The van der Waals surface area contributed by atoms with Crippen molar-refractivity contribution < 1.29 is 4.74 Å². The smallest absolute Gasteiger partial charge is 0.128 e. The van der Waals surface area contributed by atoms with Crippen molar-refractivity contribution in [3.63, 3.8) is 0 Å². The number of aromatic nitrogens is 2. The van der Waals surface area contributed by atoms with E-state index in [4.69, 9.17) is 4.74 Å². The summed E-state index contributed by atoms with van der Waals surface area (Å²) >= 11 is 0. The Bertz CT molecular complexity index is 728. The highest BCUT2D eigenvalue weighted by atomic mass is 16.5. The molecule has 4 rings (SSSR count). The molecule has 144 valence electrons. The molecule has 4 heteroatoms. The van der Waals surface area contributed by atoms with Crippen LogP contribution in [-0.2, 0) is 13.0 Å². The van der Waals surface area contributed by atoms with E-state index < -0.39 is 0 Å². The monoisotopic (exact) mass is 365 g/mol. The van der Waals surface area contributed by atoms with Crippen LogP contribution in [0, 0.1) is 11.8 Å². The molecule has 1 aromatic heterocycles. The fraction of sp³-hybridized carbons (Fsp3) is 0.565.